The SMILES string of the molecule is COC(=O)c1cc(F)c(N2C[C@H](C)O[C@@H](C)C2)c(F)c1F. The molecule has 1 aromatic rings. The number of carbonyl (C=O) groups is 1. The van der Waals surface area contributed by atoms with Crippen LogP contribution in [0.25, 0.3) is 0 Å². The first kappa shape index (κ1) is 15.6. The predicted octanol–water partition coefficient (Wildman–Crippen LogP) is 2.50. The van der Waals surface area contributed by atoms with Crippen molar-refractivity contribution in [3.8, 4) is 0 Å². The number of anilines is 1. The number of carbonyl (C=O) groups excluding carboxylic acids is 1. The third kappa shape index (κ3) is 2.97. The lowest BCUT2D eigenvalue weighted by atomic mass is 10.1. The molecule has 0 unspecified atom stereocenters. The lowest BCUT2D eigenvalue weighted by Gasteiger charge is -2.37. The van der Waals surface area contributed by atoms with E-state index >= 15 is 0 Å². The minimum Gasteiger partial charge on any atom is -0.465 e. The van der Waals surface area contributed by atoms with E-state index in [0.717, 1.165) is 7.11 Å². The third-order valence-corrected chi connectivity index (χ3v) is 3.28. The Bertz CT molecular complexity index is 555. The summed E-state index contributed by atoms with van der Waals surface area (Å²) in [6.07, 6.45) is -0.480. The molecule has 0 aliphatic carbocycles. The number of hydrogen-bond donors (Lipinski definition) is 0. The average Bonchev–Trinajstić information content (AvgIpc) is 2.41. The standard InChI is InChI=1S/C14H16F3NO3/c1-7-5-18(6-8(2)21-7)13-10(15)4-9(14(19)20-3)11(16)12(13)17/h4,7-8H,5-6H2,1-3H3/t7-,8-/m0/s1. The van der Waals surface area contributed by atoms with E-state index in [2.05, 4.69) is 4.74 Å². The summed E-state index contributed by atoms with van der Waals surface area (Å²) >= 11 is 0. The van der Waals surface area contributed by atoms with Gasteiger partial charge in [0.1, 0.15) is 11.3 Å². The van der Waals surface area contributed by atoms with Gasteiger partial charge in [0.2, 0.25) is 0 Å². The van der Waals surface area contributed by atoms with Crippen molar-refractivity contribution >= 4 is 11.7 Å². The zero-order chi connectivity index (χ0) is 15.7. The lowest BCUT2D eigenvalue weighted by Crippen LogP contribution is -2.46. The van der Waals surface area contributed by atoms with Crippen LogP contribution in [0.4, 0.5) is 18.9 Å². The molecule has 0 radical (unpaired) electrons. The Morgan fingerprint density at radius 1 is 1.24 bits per heavy atom. The number of hydrogen-bond acceptors (Lipinski definition) is 4. The molecule has 0 N–H and O–H groups in total. The largest absolute Gasteiger partial charge is 0.465 e. The van der Waals surface area contributed by atoms with E-state index in [-0.39, 0.29) is 25.3 Å². The number of nitrogens with zero attached hydrogens (tertiary/aromatic N) is 1. The van der Waals surface area contributed by atoms with Crippen LogP contribution >= 0.6 is 0 Å². The molecule has 1 aliphatic heterocycles. The van der Waals surface area contributed by atoms with Gasteiger partial charge in [-0.2, -0.15) is 0 Å². The fourth-order valence-electron chi connectivity index (χ4n) is 2.49. The van der Waals surface area contributed by atoms with Crippen molar-refractivity contribution in [2.75, 3.05) is 25.1 Å². The summed E-state index contributed by atoms with van der Waals surface area (Å²) in [5, 5.41) is 0. The number of morpholine rings is 1. The third-order valence-electron chi connectivity index (χ3n) is 3.28. The van der Waals surface area contributed by atoms with Crippen LogP contribution in [0.2, 0.25) is 0 Å². The maximum atomic E-state index is 14.2. The van der Waals surface area contributed by atoms with Gasteiger partial charge in [0, 0.05) is 13.1 Å². The van der Waals surface area contributed by atoms with E-state index in [1.807, 2.05) is 0 Å². The molecule has 1 saturated heterocycles. The van der Waals surface area contributed by atoms with Gasteiger partial charge in [-0.25, -0.2) is 18.0 Å². The topological polar surface area (TPSA) is 38.8 Å². The highest BCUT2D eigenvalue weighted by Crippen LogP contribution is 2.30. The van der Waals surface area contributed by atoms with Crippen molar-refractivity contribution in [1.29, 1.82) is 0 Å². The van der Waals surface area contributed by atoms with Crippen molar-refractivity contribution in [3.05, 3.63) is 29.1 Å². The summed E-state index contributed by atoms with van der Waals surface area (Å²) < 4.78 is 52.0. The zero-order valence-corrected chi connectivity index (χ0v) is 12.0. The van der Waals surface area contributed by atoms with Crippen LogP contribution in [0.1, 0.15) is 24.2 Å². The smallest absolute Gasteiger partial charge is 0.341 e. The number of rotatable bonds is 2. The maximum absolute atomic E-state index is 14.2. The monoisotopic (exact) mass is 303 g/mol. The Kier molecular flexibility index (Phi) is 4.41. The maximum Gasteiger partial charge on any atom is 0.341 e. The van der Waals surface area contributed by atoms with E-state index in [4.69, 9.17) is 4.74 Å². The molecule has 1 aromatic carbocycles. The minimum absolute atomic E-state index is 0.231. The second kappa shape index (κ2) is 5.93. The molecule has 0 amide bonds. The molecule has 0 saturated carbocycles. The van der Waals surface area contributed by atoms with Crippen LogP contribution in [-0.2, 0) is 9.47 Å². The van der Waals surface area contributed by atoms with E-state index < -0.39 is 34.7 Å². The Labute approximate surface area is 120 Å². The van der Waals surface area contributed by atoms with Crippen LogP contribution in [0.3, 0.4) is 0 Å². The molecule has 1 fully saturated rings. The van der Waals surface area contributed by atoms with E-state index in [1.165, 1.54) is 4.90 Å². The van der Waals surface area contributed by atoms with Gasteiger partial charge >= 0.3 is 5.97 Å². The molecule has 1 aliphatic rings. The van der Waals surface area contributed by atoms with Gasteiger partial charge in [-0.15, -0.1) is 0 Å². The van der Waals surface area contributed by atoms with E-state index in [0.29, 0.717) is 6.07 Å². The molecule has 116 valence electrons. The van der Waals surface area contributed by atoms with E-state index in [1.54, 1.807) is 13.8 Å². The number of ether oxygens (including phenoxy) is 2. The summed E-state index contributed by atoms with van der Waals surface area (Å²) in [4.78, 5) is 12.7. The lowest BCUT2D eigenvalue weighted by molar-refractivity contribution is -0.00563. The van der Waals surface area contributed by atoms with Crippen molar-refractivity contribution in [2.45, 2.75) is 26.1 Å². The first-order valence-corrected chi connectivity index (χ1v) is 6.51. The fraction of sp³-hybridized carbons (Fsp3) is 0.500. The summed E-state index contributed by atoms with van der Waals surface area (Å²) in [5.41, 5.74) is -1.24. The summed E-state index contributed by atoms with van der Waals surface area (Å²) in [6, 6.07) is 0.657. The number of benzene rings is 1. The molecular formula is C14H16F3NO3. The molecule has 21 heavy (non-hydrogen) atoms. The van der Waals surface area contributed by atoms with Crippen LogP contribution in [-0.4, -0.2) is 38.4 Å². The summed E-state index contributed by atoms with van der Waals surface area (Å²) in [7, 11) is 1.01. The molecule has 2 rings (SSSR count). The van der Waals surface area contributed by atoms with Crippen molar-refractivity contribution in [3.63, 3.8) is 0 Å². The van der Waals surface area contributed by atoms with Crippen LogP contribution in [0, 0.1) is 17.5 Å². The first-order valence-electron chi connectivity index (χ1n) is 6.51. The van der Waals surface area contributed by atoms with Gasteiger partial charge in [-0.3, -0.25) is 0 Å². The molecule has 7 heteroatoms. The molecule has 1 heterocycles. The van der Waals surface area contributed by atoms with Crippen LogP contribution in [0.15, 0.2) is 6.07 Å². The van der Waals surface area contributed by atoms with E-state index in [9.17, 15) is 18.0 Å². The molecule has 2 atom stereocenters. The Morgan fingerprint density at radius 3 is 2.33 bits per heavy atom. The van der Waals surface area contributed by atoms with Gasteiger partial charge in [-0.05, 0) is 19.9 Å². The fourth-order valence-corrected chi connectivity index (χ4v) is 2.49. The van der Waals surface area contributed by atoms with Gasteiger partial charge in [0.25, 0.3) is 0 Å². The van der Waals surface area contributed by atoms with Gasteiger partial charge in [0.05, 0.1) is 19.3 Å². The Morgan fingerprint density at radius 2 is 1.81 bits per heavy atom. The van der Waals surface area contributed by atoms with Crippen LogP contribution in [0.5, 0.6) is 0 Å². The summed E-state index contributed by atoms with van der Waals surface area (Å²) in [6.45, 7) is 3.99. The zero-order valence-electron chi connectivity index (χ0n) is 12.0. The minimum atomic E-state index is -1.41. The molecule has 4 nitrogen and oxygen atoms in total. The second-order valence-corrected chi connectivity index (χ2v) is 5.04. The van der Waals surface area contributed by atoms with Crippen molar-refractivity contribution in [2.24, 2.45) is 0 Å². The molecule has 0 spiro atoms. The highest BCUT2D eigenvalue weighted by Gasteiger charge is 2.30. The Balaban J connectivity index is 2.45. The van der Waals surface area contributed by atoms with Gasteiger partial charge < -0.3 is 14.4 Å². The number of esters is 1. The summed E-state index contributed by atoms with van der Waals surface area (Å²) in [5.74, 6) is -4.93. The van der Waals surface area contributed by atoms with Gasteiger partial charge in [0.15, 0.2) is 17.5 Å². The Hall–Kier alpha value is -1.76. The highest BCUT2D eigenvalue weighted by atomic mass is 19.2. The van der Waals surface area contributed by atoms with Crippen molar-refractivity contribution in [1.82, 2.24) is 0 Å². The first-order chi connectivity index (χ1) is 9.85. The molecule has 0 aromatic heterocycles. The van der Waals surface area contributed by atoms with Crippen molar-refractivity contribution < 1.29 is 27.4 Å². The molecular weight excluding hydrogens is 287 g/mol. The highest BCUT2D eigenvalue weighted by molar-refractivity contribution is 5.90. The molecule has 0 bridgehead atoms. The average molecular weight is 303 g/mol. The second-order valence-electron chi connectivity index (χ2n) is 5.04. The number of halogens is 3. The normalized spacial score (nSPS) is 22.3. The van der Waals surface area contributed by atoms with Gasteiger partial charge in [-0.1, -0.05) is 0 Å². The predicted molar refractivity (Wildman–Crippen MR) is 69.9 cm³/mol. The number of methoxy groups -OCH3 is 1. The quantitative estimate of drug-likeness (QED) is 0.621. The van der Waals surface area contributed by atoms with Crippen LogP contribution < -0.4 is 4.90 Å².